The van der Waals surface area contributed by atoms with Crippen molar-refractivity contribution in [2.75, 3.05) is 4.72 Å². The molecule has 4 N–H and O–H groups in total. The fraction of sp³-hybridized carbons (Fsp3) is 0.0714. The zero-order valence-corrected chi connectivity index (χ0v) is 11.8. The smallest absolute Gasteiger partial charge is 0.261 e. The summed E-state index contributed by atoms with van der Waals surface area (Å²) in [6.07, 6.45) is 0. The minimum atomic E-state index is -3.80. The fourth-order valence-electron chi connectivity index (χ4n) is 1.76. The third kappa shape index (κ3) is 3.39. The summed E-state index contributed by atoms with van der Waals surface area (Å²) in [6.45, 7) is -0.278. The monoisotopic (exact) mass is 306 g/mol. The number of nitrogens with one attached hydrogen (secondary N) is 1. The molecule has 21 heavy (non-hydrogen) atoms. The van der Waals surface area contributed by atoms with Crippen LogP contribution >= 0.6 is 0 Å². The summed E-state index contributed by atoms with van der Waals surface area (Å²) < 4.78 is 26.9. The number of rotatable bonds is 5. The number of aliphatic hydroxyl groups excluding tert-OH is 1. The molecule has 0 bridgehead atoms. The summed E-state index contributed by atoms with van der Waals surface area (Å²) in [5, 5.41) is 9.20. The molecule has 2 aromatic carbocycles. The van der Waals surface area contributed by atoms with Gasteiger partial charge in [-0.05, 0) is 30.3 Å². The lowest BCUT2D eigenvalue weighted by Crippen LogP contribution is -2.15. The van der Waals surface area contributed by atoms with Gasteiger partial charge in [-0.1, -0.05) is 18.2 Å². The maximum Gasteiger partial charge on any atom is 0.261 e. The van der Waals surface area contributed by atoms with E-state index >= 15 is 0 Å². The lowest BCUT2D eigenvalue weighted by atomic mass is 10.2. The van der Waals surface area contributed by atoms with Gasteiger partial charge in [0.1, 0.15) is 0 Å². The number of carbonyl (C=O) groups excluding carboxylic acids is 1. The van der Waals surface area contributed by atoms with Gasteiger partial charge in [0, 0.05) is 11.1 Å². The minimum Gasteiger partial charge on any atom is -0.392 e. The van der Waals surface area contributed by atoms with E-state index in [1.165, 1.54) is 24.3 Å². The van der Waals surface area contributed by atoms with E-state index in [4.69, 9.17) is 5.73 Å². The highest BCUT2D eigenvalue weighted by atomic mass is 32.2. The Morgan fingerprint density at radius 3 is 2.29 bits per heavy atom. The number of nitrogens with two attached hydrogens (primary N) is 1. The van der Waals surface area contributed by atoms with Gasteiger partial charge in [-0.25, -0.2) is 8.42 Å². The average Bonchev–Trinajstić information content (AvgIpc) is 2.47. The van der Waals surface area contributed by atoms with E-state index in [0.29, 0.717) is 11.3 Å². The third-order valence-corrected chi connectivity index (χ3v) is 4.26. The summed E-state index contributed by atoms with van der Waals surface area (Å²) in [6, 6.07) is 11.8. The Hall–Kier alpha value is -2.38. The number of aliphatic hydroxyl groups is 1. The molecule has 6 nitrogen and oxygen atoms in total. The predicted octanol–water partition coefficient (Wildman–Crippen LogP) is 1.08. The second-order valence-corrected chi connectivity index (χ2v) is 5.99. The van der Waals surface area contributed by atoms with Crippen LogP contribution in [0.25, 0.3) is 0 Å². The zero-order valence-electron chi connectivity index (χ0n) is 11.0. The van der Waals surface area contributed by atoms with Crippen LogP contribution in [-0.2, 0) is 16.6 Å². The van der Waals surface area contributed by atoms with Gasteiger partial charge in [-0.15, -0.1) is 0 Å². The van der Waals surface area contributed by atoms with Crippen LogP contribution in [0, 0.1) is 0 Å². The first kappa shape index (κ1) is 15.0. The maximum absolute atomic E-state index is 12.2. The molecule has 0 spiro atoms. The molecule has 2 rings (SSSR count). The van der Waals surface area contributed by atoms with E-state index in [9.17, 15) is 18.3 Å². The van der Waals surface area contributed by atoms with Crippen LogP contribution in [0.3, 0.4) is 0 Å². The van der Waals surface area contributed by atoms with E-state index in [1.54, 1.807) is 24.3 Å². The number of primary amides is 1. The van der Waals surface area contributed by atoms with Crippen molar-refractivity contribution in [1.29, 1.82) is 0 Å². The molecule has 0 saturated carbocycles. The molecule has 0 aliphatic rings. The largest absolute Gasteiger partial charge is 0.392 e. The second kappa shape index (κ2) is 5.94. The normalized spacial score (nSPS) is 11.1. The van der Waals surface area contributed by atoms with E-state index in [2.05, 4.69) is 4.72 Å². The van der Waals surface area contributed by atoms with Crippen LogP contribution in [0.15, 0.2) is 53.4 Å². The molecule has 0 unspecified atom stereocenters. The molecule has 1 amide bonds. The fourth-order valence-corrected chi connectivity index (χ4v) is 2.86. The number of hydrogen-bond acceptors (Lipinski definition) is 4. The highest BCUT2D eigenvalue weighted by molar-refractivity contribution is 7.92. The highest BCUT2D eigenvalue weighted by Crippen LogP contribution is 2.20. The molecular weight excluding hydrogens is 292 g/mol. The molecular formula is C14H14N2O4S. The van der Waals surface area contributed by atoms with Gasteiger partial charge in [0.05, 0.1) is 17.2 Å². The van der Waals surface area contributed by atoms with E-state index in [-0.39, 0.29) is 17.1 Å². The summed E-state index contributed by atoms with van der Waals surface area (Å²) in [5.41, 5.74) is 6.10. The van der Waals surface area contributed by atoms with E-state index < -0.39 is 15.9 Å². The number of para-hydroxylation sites is 1. The van der Waals surface area contributed by atoms with Crippen molar-refractivity contribution in [3.8, 4) is 0 Å². The van der Waals surface area contributed by atoms with Gasteiger partial charge in [-0.3, -0.25) is 9.52 Å². The van der Waals surface area contributed by atoms with Crippen molar-refractivity contribution in [2.45, 2.75) is 11.5 Å². The molecule has 2 aromatic rings. The Balaban J connectivity index is 2.32. The molecule has 0 atom stereocenters. The first-order valence-corrected chi connectivity index (χ1v) is 7.54. The lowest BCUT2D eigenvalue weighted by molar-refractivity contribution is 0.1000. The summed E-state index contributed by atoms with van der Waals surface area (Å²) in [4.78, 5) is 11.0. The van der Waals surface area contributed by atoms with Crippen molar-refractivity contribution in [1.82, 2.24) is 0 Å². The molecule has 0 radical (unpaired) electrons. The first-order valence-electron chi connectivity index (χ1n) is 6.05. The number of carbonyl (C=O) groups is 1. The molecule has 0 aromatic heterocycles. The minimum absolute atomic E-state index is 0.000225. The number of sulfonamides is 1. The quantitative estimate of drug-likeness (QED) is 0.767. The predicted molar refractivity (Wildman–Crippen MR) is 78.1 cm³/mol. The second-order valence-electron chi connectivity index (χ2n) is 4.31. The van der Waals surface area contributed by atoms with Gasteiger partial charge >= 0.3 is 0 Å². The van der Waals surface area contributed by atoms with Gasteiger partial charge < -0.3 is 10.8 Å². The zero-order chi connectivity index (χ0) is 15.5. The van der Waals surface area contributed by atoms with Crippen molar-refractivity contribution in [2.24, 2.45) is 5.73 Å². The number of benzene rings is 2. The first-order chi connectivity index (χ1) is 9.94. The molecule has 0 aliphatic carbocycles. The van der Waals surface area contributed by atoms with Crippen molar-refractivity contribution < 1.29 is 18.3 Å². The molecule has 0 saturated heterocycles. The standard InChI is InChI=1S/C14H14N2O4S/c15-14(18)10-5-7-12(8-6-10)21(19,20)16-13-4-2-1-3-11(13)9-17/h1-8,16-17H,9H2,(H2,15,18). The highest BCUT2D eigenvalue weighted by Gasteiger charge is 2.16. The van der Waals surface area contributed by atoms with E-state index in [0.717, 1.165) is 0 Å². The number of anilines is 1. The van der Waals surface area contributed by atoms with Gasteiger partial charge in [-0.2, -0.15) is 0 Å². The van der Waals surface area contributed by atoms with Crippen molar-refractivity contribution in [3.63, 3.8) is 0 Å². The van der Waals surface area contributed by atoms with Crippen molar-refractivity contribution >= 4 is 21.6 Å². The number of hydrogen-bond donors (Lipinski definition) is 3. The van der Waals surface area contributed by atoms with Crippen LogP contribution in [0.5, 0.6) is 0 Å². The summed E-state index contributed by atoms with van der Waals surface area (Å²) in [7, 11) is -3.80. The van der Waals surface area contributed by atoms with Gasteiger partial charge in [0.2, 0.25) is 5.91 Å². The summed E-state index contributed by atoms with van der Waals surface area (Å²) in [5.74, 6) is -0.627. The van der Waals surface area contributed by atoms with Crippen molar-refractivity contribution in [3.05, 3.63) is 59.7 Å². The van der Waals surface area contributed by atoms with Gasteiger partial charge in [0.15, 0.2) is 0 Å². The molecule has 0 fully saturated rings. The number of amides is 1. The topological polar surface area (TPSA) is 109 Å². The Bertz CT molecular complexity index is 755. The summed E-state index contributed by atoms with van der Waals surface area (Å²) >= 11 is 0. The van der Waals surface area contributed by atoms with Crippen LogP contribution in [0.4, 0.5) is 5.69 Å². The Morgan fingerprint density at radius 2 is 1.71 bits per heavy atom. The van der Waals surface area contributed by atoms with Crippen LogP contribution in [0.2, 0.25) is 0 Å². The SMILES string of the molecule is NC(=O)c1ccc(S(=O)(=O)Nc2ccccc2CO)cc1. The van der Waals surface area contributed by atoms with E-state index in [1.807, 2.05) is 0 Å². The Kier molecular flexibility index (Phi) is 4.25. The molecule has 0 aliphatic heterocycles. The van der Waals surface area contributed by atoms with Crippen LogP contribution in [0.1, 0.15) is 15.9 Å². The Labute approximate surface area is 122 Å². The lowest BCUT2D eigenvalue weighted by Gasteiger charge is -2.11. The maximum atomic E-state index is 12.2. The van der Waals surface area contributed by atoms with Crippen LogP contribution < -0.4 is 10.5 Å². The van der Waals surface area contributed by atoms with Crippen LogP contribution in [-0.4, -0.2) is 19.4 Å². The molecule has 0 heterocycles. The Morgan fingerprint density at radius 1 is 1.10 bits per heavy atom. The molecule has 7 heteroatoms. The third-order valence-electron chi connectivity index (χ3n) is 2.88. The van der Waals surface area contributed by atoms with Gasteiger partial charge in [0.25, 0.3) is 10.0 Å². The average molecular weight is 306 g/mol. The molecule has 110 valence electrons.